The van der Waals surface area contributed by atoms with Crippen LogP contribution in [0.3, 0.4) is 0 Å². The Kier molecular flexibility index (Phi) is 5.74. The Hall–Kier alpha value is -3.92. The summed E-state index contributed by atoms with van der Waals surface area (Å²) in [6.45, 7) is 3.84. The van der Waals surface area contributed by atoms with Gasteiger partial charge in [0.05, 0.1) is 12.2 Å². The number of carbonyl (C=O) groups is 3. The maximum Gasteiger partial charge on any atom is 0.338 e. The number of ether oxygens (including phenoxy) is 1. The lowest BCUT2D eigenvalue weighted by Crippen LogP contribution is -2.37. The molecular weight excluding hydrogens is 372 g/mol. The molecule has 1 aromatic carbocycles. The minimum Gasteiger partial charge on any atom is -0.462 e. The van der Waals surface area contributed by atoms with Gasteiger partial charge in [-0.1, -0.05) is 19.1 Å². The molecule has 0 fully saturated rings. The highest BCUT2D eigenvalue weighted by atomic mass is 16.5. The van der Waals surface area contributed by atoms with Gasteiger partial charge in [-0.25, -0.2) is 4.79 Å². The van der Waals surface area contributed by atoms with Crippen LogP contribution in [0.4, 0.5) is 0 Å². The number of carbonyl (C=O) groups excluding carboxylic acids is 3. The first-order chi connectivity index (χ1) is 13.9. The van der Waals surface area contributed by atoms with E-state index in [2.05, 4.69) is 5.32 Å². The third-order valence-corrected chi connectivity index (χ3v) is 4.35. The molecule has 1 aromatic heterocycles. The Morgan fingerprint density at radius 3 is 2.55 bits per heavy atom. The lowest BCUT2D eigenvalue weighted by molar-refractivity contribution is -0.126. The molecule has 1 N–H and O–H groups in total. The molecule has 7 nitrogen and oxygen atoms in total. The fourth-order valence-electron chi connectivity index (χ4n) is 2.79. The second kappa shape index (κ2) is 8.40. The Morgan fingerprint density at radius 1 is 1.17 bits per heavy atom. The first-order valence-electron chi connectivity index (χ1n) is 9.00. The van der Waals surface area contributed by atoms with E-state index in [-0.39, 0.29) is 17.1 Å². The third-order valence-electron chi connectivity index (χ3n) is 4.35. The van der Waals surface area contributed by atoms with Crippen molar-refractivity contribution in [1.29, 1.82) is 5.26 Å². The van der Waals surface area contributed by atoms with Crippen molar-refractivity contribution in [1.82, 2.24) is 5.32 Å². The molecule has 146 valence electrons. The van der Waals surface area contributed by atoms with E-state index in [0.717, 1.165) is 12.0 Å². The van der Waals surface area contributed by atoms with Gasteiger partial charge in [-0.15, -0.1) is 0 Å². The van der Waals surface area contributed by atoms with Crippen molar-refractivity contribution in [3.8, 4) is 17.4 Å². The van der Waals surface area contributed by atoms with Crippen LogP contribution in [0, 0.1) is 11.3 Å². The lowest BCUT2D eigenvalue weighted by atomic mass is 9.96. The normalized spacial score (nSPS) is 15.3. The summed E-state index contributed by atoms with van der Waals surface area (Å²) in [6, 6.07) is 12.0. The quantitative estimate of drug-likeness (QED) is 0.476. The van der Waals surface area contributed by atoms with Crippen molar-refractivity contribution >= 4 is 23.9 Å². The zero-order valence-corrected chi connectivity index (χ0v) is 15.9. The molecule has 0 spiro atoms. The zero-order valence-electron chi connectivity index (χ0n) is 15.9. The van der Waals surface area contributed by atoms with Gasteiger partial charge in [0, 0.05) is 11.1 Å². The number of nitrogens with one attached hydrogen (secondary N) is 1. The van der Waals surface area contributed by atoms with E-state index in [1.807, 2.05) is 6.92 Å². The number of hydrogen-bond acceptors (Lipinski definition) is 6. The predicted molar refractivity (Wildman–Crippen MR) is 104 cm³/mol. The fourth-order valence-corrected chi connectivity index (χ4v) is 2.79. The zero-order chi connectivity index (χ0) is 21.0. The van der Waals surface area contributed by atoms with Crippen molar-refractivity contribution in [2.24, 2.45) is 0 Å². The lowest BCUT2D eigenvalue weighted by Gasteiger charge is -2.15. The Morgan fingerprint density at radius 2 is 1.90 bits per heavy atom. The molecule has 0 saturated carbocycles. The standard InChI is InChI=1S/C22H18N2O5/c1-3-10-28-22(27)15-6-4-14(5-7-15)19-9-8-16(29-19)11-17-13(2)18(12-23)21(26)24-20(17)25/h4-9,11H,3,10H2,1-2H3,(H,24,25,26)/b17-11+. The largest absolute Gasteiger partial charge is 0.462 e. The van der Waals surface area contributed by atoms with Crippen LogP contribution in [-0.2, 0) is 14.3 Å². The molecule has 0 saturated heterocycles. The van der Waals surface area contributed by atoms with Crippen LogP contribution in [0.1, 0.15) is 36.4 Å². The maximum absolute atomic E-state index is 12.1. The topological polar surface area (TPSA) is 109 Å². The highest BCUT2D eigenvalue weighted by molar-refractivity contribution is 6.19. The highest BCUT2D eigenvalue weighted by Gasteiger charge is 2.27. The van der Waals surface area contributed by atoms with Gasteiger partial charge in [-0.3, -0.25) is 14.9 Å². The molecule has 1 aliphatic heterocycles. The first kappa shape index (κ1) is 19.8. The van der Waals surface area contributed by atoms with Crippen LogP contribution < -0.4 is 5.32 Å². The van der Waals surface area contributed by atoms with Crippen molar-refractivity contribution in [2.45, 2.75) is 20.3 Å². The summed E-state index contributed by atoms with van der Waals surface area (Å²) in [5.74, 6) is -0.733. The van der Waals surface area contributed by atoms with E-state index in [0.29, 0.717) is 29.3 Å². The number of rotatable bonds is 5. The number of furan rings is 1. The smallest absolute Gasteiger partial charge is 0.338 e. The van der Waals surface area contributed by atoms with E-state index >= 15 is 0 Å². The molecule has 0 aliphatic carbocycles. The Labute approximate surface area is 167 Å². The summed E-state index contributed by atoms with van der Waals surface area (Å²) >= 11 is 0. The Bertz CT molecular complexity index is 1080. The van der Waals surface area contributed by atoms with Crippen LogP contribution in [0.25, 0.3) is 17.4 Å². The number of esters is 1. The minimum atomic E-state index is -0.704. The number of imide groups is 1. The van der Waals surface area contributed by atoms with Crippen LogP contribution in [0.15, 0.2) is 57.5 Å². The summed E-state index contributed by atoms with van der Waals surface area (Å²) < 4.78 is 10.9. The van der Waals surface area contributed by atoms with Crippen molar-refractivity contribution in [2.75, 3.05) is 6.61 Å². The summed E-state index contributed by atoms with van der Waals surface area (Å²) in [5, 5.41) is 11.2. The second-order valence-electron chi connectivity index (χ2n) is 6.37. The molecule has 7 heteroatoms. The van der Waals surface area contributed by atoms with Gasteiger partial charge >= 0.3 is 5.97 Å². The van der Waals surface area contributed by atoms with Gasteiger partial charge in [0.25, 0.3) is 11.8 Å². The molecule has 2 heterocycles. The summed E-state index contributed by atoms with van der Waals surface area (Å²) in [5.41, 5.74) is 1.58. The molecular formula is C22H18N2O5. The average Bonchev–Trinajstić information content (AvgIpc) is 3.18. The van der Waals surface area contributed by atoms with Crippen molar-refractivity contribution < 1.29 is 23.5 Å². The molecule has 29 heavy (non-hydrogen) atoms. The van der Waals surface area contributed by atoms with E-state index in [9.17, 15) is 14.4 Å². The number of amides is 2. The molecule has 0 radical (unpaired) electrons. The summed E-state index contributed by atoms with van der Waals surface area (Å²) in [7, 11) is 0. The summed E-state index contributed by atoms with van der Waals surface area (Å²) in [6.07, 6.45) is 2.24. The molecule has 2 aromatic rings. The van der Waals surface area contributed by atoms with E-state index in [1.165, 1.54) is 6.08 Å². The number of benzene rings is 1. The molecule has 3 rings (SSSR count). The fraction of sp³-hybridized carbons (Fsp3) is 0.182. The second-order valence-corrected chi connectivity index (χ2v) is 6.37. The van der Waals surface area contributed by atoms with E-state index in [1.54, 1.807) is 49.4 Å². The van der Waals surface area contributed by atoms with Gasteiger partial charge in [-0.2, -0.15) is 5.26 Å². The molecule has 0 atom stereocenters. The van der Waals surface area contributed by atoms with Gasteiger partial charge in [0.15, 0.2) is 0 Å². The summed E-state index contributed by atoms with van der Waals surface area (Å²) in [4.78, 5) is 35.6. The predicted octanol–water partition coefficient (Wildman–Crippen LogP) is 3.39. The number of nitrogens with zero attached hydrogens (tertiary/aromatic N) is 1. The molecule has 0 unspecified atom stereocenters. The number of hydrogen-bond donors (Lipinski definition) is 1. The third kappa shape index (κ3) is 4.17. The monoisotopic (exact) mass is 390 g/mol. The van der Waals surface area contributed by atoms with Crippen molar-refractivity contribution in [3.05, 3.63) is 64.4 Å². The van der Waals surface area contributed by atoms with Gasteiger partial charge in [-0.05, 0) is 49.3 Å². The van der Waals surface area contributed by atoms with Crippen LogP contribution in [0.2, 0.25) is 0 Å². The highest BCUT2D eigenvalue weighted by Crippen LogP contribution is 2.27. The number of nitriles is 1. The maximum atomic E-state index is 12.1. The van der Waals surface area contributed by atoms with Crippen LogP contribution in [-0.4, -0.2) is 24.4 Å². The Balaban J connectivity index is 1.84. The SMILES string of the molecule is CCCOC(=O)c1ccc(-c2ccc(/C=C3/C(=O)NC(=O)C(C#N)=C3C)o2)cc1. The molecule has 1 aliphatic rings. The average molecular weight is 390 g/mol. The molecule has 2 amide bonds. The van der Waals surface area contributed by atoms with Crippen LogP contribution in [0.5, 0.6) is 0 Å². The van der Waals surface area contributed by atoms with E-state index < -0.39 is 11.8 Å². The van der Waals surface area contributed by atoms with Crippen LogP contribution >= 0.6 is 0 Å². The van der Waals surface area contributed by atoms with E-state index in [4.69, 9.17) is 14.4 Å². The first-order valence-corrected chi connectivity index (χ1v) is 9.00. The van der Waals surface area contributed by atoms with Gasteiger partial charge in [0.2, 0.25) is 0 Å². The van der Waals surface area contributed by atoms with Crippen molar-refractivity contribution in [3.63, 3.8) is 0 Å². The van der Waals surface area contributed by atoms with Gasteiger partial charge < -0.3 is 9.15 Å². The van der Waals surface area contributed by atoms with Gasteiger partial charge in [0.1, 0.15) is 23.2 Å². The minimum absolute atomic E-state index is 0.104. The molecule has 0 bridgehead atoms.